The molecule has 1 amide bonds. The Hall–Kier alpha value is -1.81. The van der Waals surface area contributed by atoms with Crippen molar-refractivity contribution >= 4 is 11.7 Å². The van der Waals surface area contributed by atoms with Crippen LogP contribution in [-0.4, -0.2) is 40.9 Å². The van der Waals surface area contributed by atoms with E-state index in [2.05, 4.69) is 6.07 Å². The second kappa shape index (κ2) is 5.90. The summed E-state index contributed by atoms with van der Waals surface area (Å²) in [4.78, 5) is 13.8. The van der Waals surface area contributed by atoms with Crippen LogP contribution in [0.2, 0.25) is 0 Å². The van der Waals surface area contributed by atoms with Crippen molar-refractivity contribution in [1.82, 2.24) is 4.90 Å². The predicted molar refractivity (Wildman–Crippen MR) is 83.0 cm³/mol. The summed E-state index contributed by atoms with van der Waals surface area (Å²) >= 11 is 0. The molecule has 1 aromatic carbocycles. The van der Waals surface area contributed by atoms with Crippen molar-refractivity contribution in [2.24, 2.45) is 0 Å². The minimum absolute atomic E-state index is 0.103. The van der Waals surface area contributed by atoms with Crippen molar-refractivity contribution in [1.29, 1.82) is 0 Å². The number of aliphatic hydroxyl groups excluding tert-OH is 1. The summed E-state index contributed by atoms with van der Waals surface area (Å²) in [6.07, 6.45) is 1.55. The van der Waals surface area contributed by atoms with Crippen LogP contribution in [0.4, 0.5) is 4.79 Å². The number of hydrogen-bond donors (Lipinski definition) is 1. The Morgan fingerprint density at radius 3 is 2.71 bits per heavy atom. The van der Waals surface area contributed by atoms with Gasteiger partial charge in [-0.25, -0.2) is 4.79 Å². The maximum Gasteiger partial charge on any atom is 0.411 e. The lowest BCUT2D eigenvalue weighted by atomic mass is 10.0. The van der Waals surface area contributed by atoms with Gasteiger partial charge in [0.1, 0.15) is 5.60 Å². The Kier molecular flexibility index (Phi) is 4.37. The maximum atomic E-state index is 12.2. The fourth-order valence-corrected chi connectivity index (χ4v) is 2.38. The van der Waals surface area contributed by atoms with E-state index in [9.17, 15) is 9.90 Å². The zero-order valence-corrected chi connectivity index (χ0v) is 13.1. The summed E-state index contributed by atoms with van der Waals surface area (Å²) in [6.45, 7) is 7.91. The summed E-state index contributed by atoms with van der Waals surface area (Å²) in [6, 6.07) is 7.81. The molecule has 0 unspecified atom stereocenters. The molecule has 2 rings (SSSR count). The SMILES string of the molecule is Cc1cccc(C2=C[C@@H](CO)N(C(=O)OC(C)(C)C)C2)c1. The van der Waals surface area contributed by atoms with Gasteiger partial charge in [-0.3, -0.25) is 4.90 Å². The lowest BCUT2D eigenvalue weighted by Gasteiger charge is -2.27. The topological polar surface area (TPSA) is 49.8 Å². The molecule has 4 heteroatoms. The highest BCUT2D eigenvalue weighted by atomic mass is 16.6. The van der Waals surface area contributed by atoms with Crippen molar-refractivity contribution in [3.63, 3.8) is 0 Å². The molecule has 4 nitrogen and oxygen atoms in total. The van der Waals surface area contributed by atoms with E-state index >= 15 is 0 Å². The van der Waals surface area contributed by atoms with Gasteiger partial charge in [-0.15, -0.1) is 0 Å². The number of benzene rings is 1. The van der Waals surface area contributed by atoms with Crippen LogP contribution >= 0.6 is 0 Å². The van der Waals surface area contributed by atoms with Gasteiger partial charge in [0, 0.05) is 0 Å². The van der Waals surface area contributed by atoms with E-state index in [-0.39, 0.29) is 18.7 Å². The fraction of sp³-hybridized carbons (Fsp3) is 0.471. The molecular weight excluding hydrogens is 266 g/mol. The number of carbonyl (C=O) groups is 1. The van der Waals surface area contributed by atoms with Crippen LogP contribution in [0, 0.1) is 6.92 Å². The third-order valence-corrected chi connectivity index (χ3v) is 3.34. The lowest BCUT2D eigenvalue weighted by Crippen LogP contribution is -2.41. The van der Waals surface area contributed by atoms with Gasteiger partial charge in [0.05, 0.1) is 19.2 Å². The monoisotopic (exact) mass is 289 g/mol. The van der Waals surface area contributed by atoms with Gasteiger partial charge in [-0.1, -0.05) is 35.9 Å². The smallest absolute Gasteiger partial charge is 0.411 e. The van der Waals surface area contributed by atoms with Crippen LogP contribution in [0.1, 0.15) is 31.9 Å². The first-order chi connectivity index (χ1) is 9.80. The van der Waals surface area contributed by atoms with Gasteiger partial charge >= 0.3 is 6.09 Å². The molecule has 0 aliphatic carbocycles. The molecule has 0 saturated heterocycles. The third-order valence-electron chi connectivity index (χ3n) is 3.34. The highest BCUT2D eigenvalue weighted by Crippen LogP contribution is 2.27. The van der Waals surface area contributed by atoms with Gasteiger partial charge in [0.25, 0.3) is 0 Å². The minimum atomic E-state index is -0.539. The van der Waals surface area contributed by atoms with Gasteiger partial charge in [-0.2, -0.15) is 0 Å². The predicted octanol–water partition coefficient (Wildman–Crippen LogP) is 2.99. The van der Waals surface area contributed by atoms with E-state index < -0.39 is 5.60 Å². The number of rotatable bonds is 2. The molecule has 1 heterocycles. The van der Waals surface area contributed by atoms with E-state index in [1.165, 1.54) is 5.56 Å². The molecule has 21 heavy (non-hydrogen) atoms. The van der Waals surface area contributed by atoms with Crippen molar-refractivity contribution in [2.45, 2.75) is 39.3 Å². The number of carbonyl (C=O) groups excluding carboxylic acids is 1. The van der Waals surface area contributed by atoms with E-state index in [1.54, 1.807) is 4.90 Å². The molecule has 0 aromatic heterocycles. The molecule has 0 bridgehead atoms. The van der Waals surface area contributed by atoms with Crippen LogP contribution in [0.3, 0.4) is 0 Å². The summed E-state index contributed by atoms with van der Waals surface area (Å²) in [5, 5.41) is 9.51. The quantitative estimate of drug-likeness (QED) is 0.910. The molecular formula is C17H23NO3. The third kappa shape index (κ3) is 3.85. The molecule has 1 N–H and O–H groups in total. The van der Waals surface area contributed by atoms with Gasteiger partial charge in [0.15, 0.2) is 0 Å². The minimum Gasteiger partial charge on any atom is -0.444 e. The van der Waals surface area contributed by atoms with Gasteiger partial charge in [0.2, 0.25) is 0 Å². The highest BCUT2D eigenvalue weighted by molar-refractivity contribution is 5.78. The Morgan fingerprint density at radius 2 is 2.14 bits per heavy atom. The molecule has 1 aromatic rings. The lowest BCUT2D eigenvalue weighted by molar-refractivity contribution is 0.0200. The fourth-order valence-electron chi connectivity index (χ4n) is 2.38. The number of amides is 1. The average Bonchev–Trinajstić information content (AvgIpc) is 2.81. The van der Waals surface area contributed by atoms with Crippen LogP contribution in [-0.2, 0) is 4.74 Å². The Bertz CT molecular complexity index is 557. The summed E-state index contributed by atoms with van der Waals surface area (Å²) < 4.78 is 5.40. The van der Waals surface area contributed by atoms with Crippen molar-refractivity contribution in [3.8, 4) is 0 Å². The Balaban J connectivity index is 2.17. The Morgan fingerprint density at radius 1 is 1.43 bits per heavy atom. The van der Waals surface area contributed by atoms with E-state index in [0.717, 1.165) is 11.1 Å². The summed E-state index contributed by atoms with van der Waals surface area (Å²) in [5.74, 6) is 0. The van der Waals surface area contributed by atoms with Crippen LogP contribution < -0.4 is 0 Å². The molecule has 0 radical (unpaired) electrons. The maximum absolute atomic E-state index is 12.2. The number of ether oxygens (including phenoxy) is 1. The number of aryl methyl sites for hydroxylation is 1. The molecule has 0 fully saturated rings. The summed E-state index contributed by atoms with van der Waals surface area (Å²) in [7, 11) is 0. The van der Waals surface area contributed by atoms with E-state index in [4.69, 9.17) is 4.74 Å². The van der Waals surface area contributed by atoms with Gasteiger partial charge < -0.3 is 9.84 Å². The normalized spacial score (nSPS) is 18.6. The van der Waals surface area contributed by atoms with Crippen molar-refractivity contribution < 1.29 is 14.6 Å². The highest BCUT2D eigenvalue weighted by Gasteiger charge is 2.32. The number of nitrogens with zero attached hydrogens (tertiary/aromatic N) is 1. The first-order valence-corrected chi connectivity index (χ1v) is 7.18. The second-order valence-corrected chi connectivity index (χ2v) is 6.42. The standard InChI is InChI=1S/C17H23NO3/c1-12-6-5-7-13(8-12)14-9-15(11-19)18(10-14)16(20)21-17(2,3)4/h5-9,15,19H,10-11H2,1-4H3/t15-/m0/s1. The largest absolute Gasteiger partial charge is 0.444 e. The molecule has 114 valence electrons. The molecule has 1 aliphatic heterocycles. The molecule has 0 saturated carbocycles. The first kappa shape index (κ1) is 15.6. The second-order valence-electron chi connectivity index (χ2n) is 6.42. The molecule has 0 spiro atoms. The van der Waals surface area contributed by atoms with Crippen LogP contribution in [0.5, 0.6) is 0 Å². The van der Waals surface area contributed by atoms with E-state index in [1.807, 2.05) is 52.0 Å². The summed E-state index contributed by atoms with van der Waals surface area (Å²) in [5.41, 5.74) is 2.76. The molecule has 1 aliphatic rings. The van der Waals surface area contributed by atoms with E-state index in [0.29, 0.717) is 6.54 Å². The zero-order valence-electron chi connectivity index (χ0n) is 13.1. The first-order valence-electron chi connectivity index (χ1n) is 7.18. The Labute approximate surface area is 126 Å². The van der Waals surface area contributed by atoms with Crippen molar-refractivity contribution in [2.75, 3.05) is 13.2 Å². The molecule has 1 atom stereocenters. The van der Waals surface area contributed by atoms with Gasteiger partial charge in [-0.05, 0) is 38.8 Å². The van der Waals surface area contributed by atoms with Crippen molar-refractivity contribution in [3.05, 3.63) is 41.5 Å². The number of hydrogen-bond acceptors (Lipinski definition) is 3. The van der Waals surface area contributed by atoms with Crippen LogP contribution in [0.15, 0.2) is 30.3 Å². The zero-order chi connectivity index (χ0) is 15.6. The average molecular weight is 289 g/mol. The van der Waals surface area contributed by atoms with Crippen LogP contribution in [0.25, 0.3) is 5.57 Å². The number of aliphatic hydroxyl groups is 1.